The molecule has 1 saturated heterocycles. The molecule has 5 heteroatoms. The minimum atomic E-state index is -0.829. The van der Waals surface area contributed by atoms with Gasteiger partial charge in [0, 0.05) is 19.8 Å². The normalized spacial score (nSPS) is 15.8. The van der Waals surface area contributed by atoms with Gasteiger partial charge < -0.3 is 19.3 Å². The van der Waals surface area contributed by atoms with Crippen LogP contribution < -0.4 is 4.74 Å². The van der Waals surface area contributed by atoms with Crippen molar-refractivity contribution in [3.8, 4) is 5.75 Å². The first-order valence-electron chi connectivity index (χ1n) is 7.33. The fourth-order valence-electron chi connectivity index (χ4n) is 2.26. The molecule has 0 aromatic heterocycles. The number of rotatable bonds is 8. The van der Waals surface area contributed by atoms with Crippen LogP contribution in [0, 0.1) is 5.92 Å². The van der Waals surface area contributed by atoms with Crippen molar-refractivity contribution in [1.29, 1.82) is 0 Å². The minimum absolute atomic E-state index is 0.0362. The molecule has 1 aliphatic rings. The van der Waals surface area contributed by atoms with Crippen molar-refractivity contribution in [2.45, 2.75) is 19.3 Å². The van der Waals surface area contributed by atoms with Gasteiger partial charge in [-0.15, -0.1) is 0 Å². The second-order valence-electron chi connectivity index (χ2n) is 5.19. The Balaban J connectivity index is 1.58. The summed E-state index contributed by atoms with van der Waals surface area (Å²) in [5, 5.41) is 8.69. The molecule has 0 spiro atoms. The lowest BCUT2D eigenvalue weighted by atomic mass is 10.0. The Morgan fingerprint density at radius 2 is 1.90 bits per heavy atom. The van der Waals surface area contributed by atoms with E-state index < -0.39 is 5.97 Å². The minimum Gasteiger partial charge on any atom is -0.491 e. The zero-order chi connectivity index (χ0) is 14.9. The van der Waals surface area contributed by atoms with E-state index in [2.05, 4.69) is 0 Å². The van der Waals surface area contributed by atoms with Crippen LogP contribution in [0.1, 0.15) is 18.4 Å². The number of hydrogen-bond acceptors (Lipinski definition) is 4. The third-order valence-corrected chi connectivity index (χ3v) is 3.47. The molecule has 5 nitrogen and oxygen atoms in total. The summed E-state index contributed by atoms with van der Waals surface area (Å²) in [7, 11) is 0. The maximum atomic E-state index is 10.6. The van der Waals surface area contributed by atoms with Gasteiger partial charge in [0.2, 0.25) is 0 Å². The predicted molar refractivity (Wildman–Crippen MR) is 77.6 cm³/mol. The highest BCUT2D eigenvalue weighted by Crippen LogP contribution is 2.15. The van der Waals surface area contributed by atoms with Gasteiger partial charge in [0.15, 0.2) is 0 Å². The number of ether oxygens (including phenoxy) is 3. The Bertz CT molecular complexity index is 423. The van der Waals surface area contributed by atoms with Crippen LogP contribution in [0.15, 0.2) is 24.3 Å². The van der Waals surface area contributed by atoms with E-state index in [-0.39, 0.29) is 6.42 Å². The fraction of sp³-hybridized carbons (Fsp3) is 0.562. The third-order valence-electron chi connectivity index (χ3n) is 3.47. The zero-order valence-electron chi connectivity index (χ0n) is 12.1. The zero-order valence-corrected chi connectivity index (χ0v) is 12.1. The van der Waals surface area contributed by atoms with Crippen LogP contribution in [0.2, 0.25) is 0 Å². The maximum absolute atomic E-state index is 10.6. The Morgan fingerprint density at radius 1 is 1.19 bits per heavy atom. The molecular formula is C16H22O5. The van der Waals surface area contributed by atoms with Gasteiger partial charge in [-0.05, 0) is 36.5 Å². The molecule has 1 fully saturated rings. The average molecular weight is 294 g/mol. The highest BCUT2D eigenvalue weighted by Gasteiger charge is 2.13. The van der Waals surface area contributed by atoms with Gasteiger partial charge in [0.05, 0.1) is 13.0 Å². The molecule has 0 aliphatic carbocycles. The standard InChI is InChI=1S/C16H22O5/c17-16(18)11-13-1-3-15(4-2-13)21-10-9-20-12-14-5-7-19-8-6-14/h1-4,14H,5-12H2,(H,17,18). The number of carboxylic acids is 1. The van der Waals surface area contributed by atoms with Crippen LogP contribution >= 0.6 is 0 Å². The molecule has 0 saturated carbocycles. The van der Waals surface area contributed by atoms with Gasteiger partial charge in [-0.2, -0.15) is 0 Å². The number of aliphatic carboxylic acids is 1. The lowest BCUT2D eigenvalue weighted by molar-refractivity contribution is -0.136. The van der Waals surface area contributed by atoms with Crippen molar-refractivity contribution < 1.29 is 24.1 Å². The van der Waals surface area contributed by atoms with E-state index in [0.29, 0.717) is 19.1 Å². The van der Waals surface area contributed by atoms with E-state index in [1.807, 2.05) is 0 Å². The second-order valence-corrected chi connectivity index (χ2v) is 5.19. The van der Waals surface area contributed by atoms with Crippen molar-refractivity contribution in [3.05, 3.63) is 29.8 Å². The molecule has 1 N–H and O–H groups in total. The Morgan fingerprint density at radius 3 is 2.57 bits per heavy atom. The summed E-state index contributed by atoms with van der Waals surface area (Å²) in [6.45, 7) is 3.51. The van der Waals surface area contributed by atoms with Crippen molar-refractivity contribution in [2.75, 3.05) is 33.0 Å². The quantitative estimate of drug-likeness (QED) is 0.744. The molecule has 1 heterocycles. The number of carbonyl (C=O) groups is 1. The number of benzene rings is 1. The van der Waals surface area contributed by atoms with Gasteiger partial charge in [0.25, 0.3) is 0 Å². The van der Waals surface area contributed by atoms with Crippen LogP contribution in [0.4, 0.5) is 0 Å². The van der Waals surface area contributed by atoms with Crippen LogP contribution in [0.25, 0.3) is 0 Å². The van der Waals surface area contributed by atoms with Gasteiger partial charge >= 0.3 is 5.97 Å². The molecule has 0 unspecified atom stereocenters. The lowest BCUT2D eigenvalue weighted by Gasteiger charge is -2.21. The maximum Gasteiger partial charge on any atom is 0.307 e. The number of hydrogen-bond donors (Lipinski definition) is 1. The molecule has 1 aromatic rings. The first-order chi connectivity index (χ1) is 10.2. The predicted octanol–water partition coefficient (Wildman–Crippen LogP) is 2.14. The molecule has 0 amide bonds. The van der Waals surface area contributed by atoms with Crippen LogP contribution in [0.3, 0.4) is 0 Å². The number of carboxylic acid groups (broad SMARTS) is 1. The fourth-order valence-corrected chi connectivity index (χ4v) is 2.26. The third kappa shape index (κ3) is 6.14. The van der Waals surface area contributed by atoms with Gasteiger partial charge in [-0.1, -0.05) is 12.1 Å². The van der Waals surface area contributed by atoms with E-state index in [1.165, 1.54) is 0 Å². The molecule has 0 radical (unpaired) electrons. The summed E-state index contributed by atoms with van der Waals surface area (Å²) in [6, 6.07) is 7.12. The Labute approximate surface area is 124 Å². The summed E-state index contributed by atoms with van der Waals surface area (Å²) in [4.78, 5) is 10.6. The van der Waals surface area contributed by atoms with Crippen molar-refractivity contribution in [2.24, 2.45) is 5.92 Å². The molecule has 2 rings (SSSR count). The largest absolute Gasteiger partial charge is 0.491 e. The Hall–Kier alpha value is -1.59. The highest BCUT2D eigenvalue weighted by atomic mass is 16.5. The molecule has 0 bridgehead atoms. The Kier molecular flexibility index (Phi) is 6.50. The first-order valence-corrected chi connectivity index (χ1v) is 7.33. The van der Waals surface area contributed by atoms with E-state index in [0.717, 1.165) is 44.0 Å². The van der Waals surface area contributed by atoms with E-state index >= 15 is 0 Å². The monoisotopic (exact) mass is 294 g/mol. The summed E-state index contributed by atoms with van der Waals surface area (Å²) >= 11 is 0. The van der Waals surface area contributed by atoms with Crippen LogP contribution in [-0.2, 0) is 20.7 Å². The second kappa shape index (κ2) is 8.64. The molecular weight excluding hydrogens is 272 g/mol. The van der Waals surface area contributed by atoms with E-state index in [9.17, 15) is 4.79 Å². The van der Waals surface area contributed by atoms with Gasteiger partial charge in [-0.25, -0.2) is 0 Å². The topological polar surface area (TPSA) is 65.0 Å². The molecule has 1 aliphatic heterocycles. The van der Waals surface area contributed by atoms with Crippen LogP contribution in [0.5, 0.6) is 5.75 Å². The lowest BCUT2D eigenvalue weighted by Crippen LogP contribution is -2.21. The van der Waals surface area contributed by atoms with Gasteiger partial charge in [0.1, 0.15) is 12.4 Å². The smallest absolute Gasteiger partial charge is 0.307 e. The molecule has 0 atom stereocenters. The summed E-state index contributed by atoms with van der Waals surface area (Å²) in [5.74, 6) is 0.512. The molecule has 1 aromatic carbocycles. The molecule has 21 heavy (non-hydrogen) atoms. The summed E-state index contributed by atoms with van der Waals surface area (Å²) < 4.78 is 16.5. The van der Waals surface area contributed by atoms with E-state index in [4.69, 9.17) is 19.3 Å². The average Bonchev–Trinajstić information content (AvgIpc) is 2.49. The summed E-state index contributed by atoms with van der Waals surface area (Å²) in [6.07, 6.45) is 2.19. The summed E-state index contributed by atoms with van der Waals surface area (Å²) in [5.41, 5.74) is 0.769. The highest BCUT2D eigenvalue weighted by molar-refractivity contribution is 5.70. The van der Waals surface area contributed by atoms with Gasteiger partial charge in [-0.3, -0.25) is 4.79 Å². The van der Waals surface area contributed by atoms with E-state index in [1.54, 1.807) is 24.3 Å². The van der Waals surface area contributed by atoms with Crippen molar-refractivity contribution >= 4 is 5.97 Å². The van der Waals surface area contributed by atoms with Crippen LogP contribution in [-0.4, -0.2) is 44.1 Å². The van der Waals surface area contributed by atoms with Crippen molar-refractivity contribution in [3.63, 3.8) is 0 Å². The van der Waals surface area contributed by atoms with Crippen molar-refractivity contribution in [1.82, 2.24) is 0 Å². The SMILES string of the molecule is O=C(O)Cc1ccc(OCCOCC2CCOCC2)cc1. The molecule has 116 valence electrons. The first kappa shape index (κ1) is 15.8.